The lowest BCUT2D eigenvalue weighted by Gasteiger charge is -2.10. The van der Waals surface area contributed by atoms with Crippen LogP contribution in [0.3, 0.4) is 0 Å². The van der Waals surface area contributed by atoms with Crippen molar-refractivity contribution >= 4 is 5.69 Å². The van der Waals surface area contributed by atoms with Gasteiger partial charge >= 0.3 is 0 Å². The lowest BCUT2D eigenvalue weighted by Crippen LogP contribution is -2.07. The Hall–Kier alpha value is -2.47. The van der Waals surface area contributed by atoms with E-state index >= 15 is 0 Å². The zero-order valence-corrected chi connectivity index (χ0v) is 12.1. The quantitative estimate of drug-likeness (QED) is 0.931. The topological polar surface area (TPSA) is 45.0 Å². The van der Waals surface area contributed by atoms with E-state index < -0.39 is 0 Å². The number of nitrogens with zero attached hydrogens (tertiary/aromatic N) is 1. The number of fused-ring (bicyclic) bond motifs is 1. The summed E-state index contributed by atoms with van der Waals surface area (Å²) in [7, 11) is 0. The van der Waals surface area contributed by atoms with Crippen molar-refractivity contribution in [2.24, 2.45) is 0 Å². The third-order valence-corrected chi connectivity index (χ3v) is 3.87. The first kappa shape index (κ1) is 13.5. The zero-order valence-electron chi connectivity index (χ0n) is 12.1. The SMILES string of the molecule is Cc1cccc(NCCc2ccc3c(c2)CCO3)c1C#N. The van der Waals surface area contributed by atoms with E-state index in [1.54, 1.807) is 0 Å². The fourth-order valence-electron chi connectivity index (χ4n) is 2.70. The second kappa shape index (κ2) is 5.88. The molecule has 1 N–H and O–H groups in total. The minimum atomic E-state index is 0.736. The first-order valence-electron chi connectivity index (χ1n) is 7.26. The minimum Gasteiger partial charge on any atom is -0.493 e. The fourth-order valence-corrected chi connectivity index (χ4v) is 2.70. The zero-order chi connectivity index (χ0) is 14.7. The van der Waals surface area contributed by atoms with Gasteiger partial charge in [0.25, 0.3) is 0 Å². The van der Waals surface area contributed by atoms with Gasteiger partial charge in [0.05, 0.1) is 17.9 Å². The summed E-state index contributed by atoms with van der Waals surface area (Å²) in [6.07, 6.45) is 1.94. The molecule has 3 rings (SSSR count). The van der Waals surface area contributed by atoms with Crippen LogP contribution in [0.5, 0.6) is 5.75 Å². The lowest BCUT2D eigenvalue weighted by atomic mass is 10.1. The van der Waals surface area contributed by atoms with Gasteiger partial charge in [-0.1, -0.05) is 24.3 Å². The van der Waals surface area contributed by atoms with Crippen LogP contribution in [0.15, 0.2) is 36.4 Å². The van der Waals surface area contributed by atoms with Crippen LogP contribution >= 0.6 is 0 Å². The summed E-state index contributed by atoms with van der Waals surface area (Å²) in [5, 5.41) is 12.6. The second-order valence-corrected chi connectivity index (χ2v) is 5.33. The maximum Gasteiger partial charge on any atom is 0.122 e. The normalized spacial score (nSPS) is 12.4. The van der Waals surface area contributed by atoms with E-state index in [4.69, 9.17) is 4.74 Å². The Morgan fingerprint density at radius 2 is 2.19 bits per heavy atom. The maximum atomic E-state index is 9.22. The van der Waals surface area contributed by atoms with Crippen LogP contribution in [0, 0.1) is 18.3 Å². The molecule has 0 spiro atoms. The number of anilines is 1. The van der Waals surface area contributed by atoms with E-state index in [-0.39, 0.29) is 0 Å². The fraction of sp³-hybridized carbons (Fsp3) is 0.278. The van der Waals surface area contributed by atoms with Gasteiger partial charge in [0.2, 0.25) is 0 Å². The number of hydrogen-bond donors (Lipinski definition) is 1. The average Bonchev–Trinajstić information content (AvgIpc) is 2.95. The Morgan fingerprint density at radius 3 is 3.05 bits per heavy atom. The summed E-state index contributed by atoms with van der Waals surface area (Å²) < 4.78 is 5.52. The highest BCUT2D eigenvalue weighted by Gasteiger charge is 2.11. The van der Waals surface area contributed by atoms with Crippen molar-refractivity contribution in [1.29, 1.82) is 5.26 Å². The number of nitriles is 1. The van der Waals surface area contributed by atoms with Gasteiger partial charge in [-0.15, -0.1) is 0 Å². The molecular formula is C18H18N2O. The molecule has 3 heteroatoms. The first-order chi connectivity index (χ1) is 10.3. The summed E-state index contributed by atoms with van der Waals surface area (Å²) >= 11 is 0. The van der Waals surface area contributed by atoms with Crippen LogP contribution < -0.4 is 10.1 Å². The minimum absolute atomic E-state index is 0.736. The molecule has 0 aliphatic carbocycles. The van der Waals surface area contributed by atoms with E-state index in [2.05, 4.69) is 29.6 Å². The molecule has 0 bridgehead atoms. The summed E-state index contributed by atoms with van der Waals surface area (Å²) in [5.74, 6) is 1.03. The van der Waals surface area contributed by atoms with Crippen LogP contribution in [-0.4, -0.2) is 13.2 Å². The van der Waals surface area contributed by atoms with Gasteiger partial charge in [-0.05, 0) is 42.2 Å². The number of ether oxygens (including phenoxy) is 1. The molecule has 0 radical (unpaired) electrons. The molecule has 106 valence electrons. The van der Waals surface area contributed by atoms with Crippen LogP contribution in [0.25, 0.3) is 0 Å². The van der Waals surface area contributed by atoms with E-state index in [0.717, 1.165) is 48.6 Å². The first-order valence-corrected chi connectivity index (χ1v) is 7.26. The van der Waals surface area contributed by atoms with E-state index in [1.165, 1.54) is 11.1 Å². The Bertz CT molecular complexity index is 701. The molecule has 1 heterocycles. The molecule has 0 atom stereocenters. The van der Waals surface area contributed by atoms with Crippen molar-refractivity contribution in [2.45, 2.75) is 19.8 Å². The molecule has 2 aromatic rings. The molecule has 0 unspecified atom stereocenters. The summed E-state index contributed by atoms with van der Waals surface area (Å²) in [5.41, 5.74) is 5.28. The predicted octanol–water partition coefficient (Wildman–Crippen LogP) is 3.46. The number of nitrogens with one attached hydrogen (secondary N) is 1. The molecular weight excluding hydrogens is 260 g/mol. The van der Waals surface area contributed by atoms with E-state index in [1.807, 2.05) is 25.1 Å². The molecule has 0 amide bonds. The van der Waals surface area contributed by atoms with E-state index in [9.17, 15) is 5.26 Å². The summed E-state index contributed by atoms with van der Waals surface area (Å²) in [6, 6.07) is 14.6. The Morgan fingerprint density at radius 1 is 1.29 bits per heavy atom. The standard InChI is InChI=1S/C18H18N2O/c1-13-3-2-4-17(16(13)12-19)20-9-7-14-5-6-18-15(11-14)8-10-21-18/h2-6,11,20H,7-10H2,1H3. The molecule has 0 saturated carbocycles. The predicted molar refractivity (Wildman–Crippen MR) is 83.7 cm³/mol. The number of aryl methyl sites for hydroxylation is 1. The Balaban J connectivity index is 1.64. The lowest BCUT2D eigenvalue weighted by molar-refractivity contribution is 0.357. The largest absolute Gasteiger partial charge is 0.493 e. The molecule has 3 nitrogen and oxygen atoms in total. The van der Waals surface area contributed by atoms with Crippen molar-refractivity contribution in [3.63, 3.8) is 0 Å². The molecule has 0 fully saturated rings. The van der Waals surface area contributed by atoms with Crippen LogP contribution in [0.4, 0.5) is 5.69 Å². The van der Waals surface area contributed by atoms with Crippen LogP contribution in [0.1, 0.15) is 22.3 Å². The van der Waals surface area contributed by atoms with Gasteiger partial charge in [0.1, 0.15) is 11.8 Å². The molecule has 0 saturated heterocycles. The molecule has 1 aliphatic rings. The highest BCUT2D eigenvalue weighted by molar-refractivity contribution is 5.60. The van der Waals surface area contributed by atoms with Gasteiger partial charge in [0, 0.05) is 13.0 Å². The highest BCUT2D eigenvalue weighted by Crippen LogP contribution is 2.26. The third-order valence-electron chi connectivity index (χ3n) is 3.87. The summed E-state index contributed by atoms with van der Waals surface area (Å²) in [4.78, 5) is 0. The van der Waals surface area contributed by atoms with Gasteiger partial charge in [-0.3, -0.25) is 0 Å². The van der Waals surface area contributed by atoms with Crippen LogP contribution in [-0.2, 0) is 12.8 Å². The Labute approximate surface area is 125 Å². The summed E-state index contributed by atoms with van der Waals surface area (Å²) in [6.45, 7) is 3.58. The highest BCUT2D eigenvalue weighted by atomic mass is 16.5. The molecule has 1 aliphatic heterocycles. The third kappa shape index (κ3) is 2.85. The number of rotatable bonds is 4. The van der Waals surface area contributed by atoms with Gasteiger partial charge in [-0.25, -0.2) is 0 Å². The monoisotopic (exact) mass is 278 g/mol. The Kier molecular flexibility index (Phi) is 3.79. The van der Waals surface area contributed by atoms with Gasteiger partial charge in [0.15, 0.2) is 0 Å². The van der Waals surface area contributed by atoms with Gasteiger partial charge < -0.3 is 10.1 Å². The number of benzene rings is 2. The smallest absolute Gasteiger partial charge is 0.122 e. The van der Waals surface area contributed by atoms with Crippen molar-refractivity contribution in [1.82, 2.24) is 0 Å². The average molecular weight is 278 g/mol. The molecule has 0 aromatic heterocycles. The van der Waals surface area contributed by atoms with Crippen molar-refractivity contribution in [3.8, 4) is 11.8 Å². The molecule has 2 aromatic carbocycles. The second-order valence-electron chi connectivity index (χ2n) is 5.33. The van der Waals surface area contributed by atoms with E-state index in [0.29, 0.717) is 0 Å². The number of hydrogen-bond acceptors (Lipinski definition) is 3. The van der Waals surface area contributed by atoms with Crippen molar-refractivity contribution < 1.29 is 4.74 Å². The van der Waals surface area contributed by atoms with Crippen molar-refractivity contribution in [3.05, 3.63) is 58.7 Å². The maximum absolute atomic E-state index is 9.22. The van der Waals surface area contributed by atoms with Crippen molar-refractivity contribution in [2.75, 3.05) is 18.5 Å². The molecule has 21 heavy (non-hydrogen) atoms. The van der Waals surface area contributed by atoms with Gasteiger partial charge in [-0.2, -0.15) is 5.26 Å². The van der Waals surface area contributed by atoms with Crippen LogP contribution in [0.2, 0.25) is 0 Å².